The van der Waals surface area contributed by atoms with Gasteiger partial charge in [-0.2, -0.15) is 0 Å². The summed E-state index contributed by atoms with van der Waals surface area (Å²) in [5.74, 6) is 8.20. The molecule has 4 aliphatic rings. The number of ether oxygens (including phenoxy) is 2. The molecule has 10 heteroatoms. The molecule has 2 spiro atoms. The number of carbonyl (C=O) groups excluding carboxylic acids is 2. The van der Waals surface area contributed by atoms with Crippen molar-refractivity contribution >= 4 is 23.2 Å². The fourth-order valence-corrected chi connectivity index (χ4v) is 7.50. The van der Waals surface area contributed by atoms with Crippen LogP contribution in [-0.4, -0.2) is 66.2 Å². The largest absolute Gasteiger partial charge is 0.444 e. The number of hydrogen-bond acceptors (Lipinski definition) is 6. The number of aromatic nitrogens is 4. The Balaban J connectivity index is 0.958. The van der Waals surface area contributed by atoms with Crippen LogP contribution in [0.25, 0.3) is 22.3 Å². The van der Waals surface area contributed by atoms with Crippen LogP contribution in [-0.2, 0) is 9.47 Å². The van der Waals surface area contributed by atoms with Crippen LogP contribution < -0.4 is 0 Å². The number of H-pyrrole nitrogens is 2. The van der Waals surface area contributed by atoms with Crippen LogP contribution in [0.2, 0.25) is 0 Å². The van der Waals surface area contributed by atoms with Gasteiger partial charge in [-0.1, -0.05) is 24.0 Å². The molecule has 2 saturated heterocycles. The summed E-state index contributed by atoms with van der Waals surface area (Å²) in [7, 11) is 0. The van der Waals surface area contributed by atoms with Crippen LogP contribution in [0, 0.1) is 22.7 Å². The molecule has 2 saturated carbocycles. The maximum atomic E-state index is 13.1. The lowest BCUT2D eigenvalue weighted by molar-refractivity contribution is 0.0202. The second kappa shape index (κ2) is 11.4. The lowest BCUT2D eigenvalue weighted by Crippen LogP contribution is -2.37. The van der Waals surface area contributed by atoms with Gasteiger partial charge in [0.15, 0.2) is 0 Å². The zero-order valence-corrected chi connectivity index (χ0v) is 29.9. The van der Waals surface area contributed by atoms with Crippen LogP contribution in [0.1, 0.15) is 115 Å². The molecular formula is C40H46N6O4. The third-order valence-electron chi connectivity index (χ3n) is 10.5. The molecule has 50 heavy (non-hydrogen) atoms. The summed E-state index contributed by atoms with van der Waals surface area (Å²) < 4.78 is 11.5. The molecule has 4 aromatic rings. The molecule has 2 aliphatic heterocycles. The molecule has 2 aliphatic carbocycles. The van der Waals surface area contributed by atoms with Crippen molar-refractivity contribution in [1.29, 1.82) is 0 Å². The summed E-state index contributed by atoms with van der Waals surface area (Å²) >= 11 is 0. The number of aromatic amines is 2. The first-order valence-corrected chi connectivity index (χ1v) is 17.8. The maximum absolute atomic E-state index is 13.1. The summed E-state index contributed by atoms with van der Waals surface area (Å²) in [6, 6.07) is 13.8. The molecule has 0 unspecified atom stereocenters. The molecule has 2 aromatic carbocycles. The van der Waals surface area contributed by atoms with Gasteiger partial charge in [0.05, 0.1) is 35.0 Å². The number of nitrogens with one attached hydrogen (secondary N) is 2. The Bertz CT molecular complexity index is 2030. The third kappa shape index (κ3) is 6.58. The predicted octanol–water partition coefficient (Wildman–Crippen LogP) is 8.28. The Hall–Kier alpha value is -4.78. The van der Waals surface area contributed by atoms with Gasteiger partial charge in [0.25, 0.3) is 0 Å². The van der Waals surface area contributed by atoms with E-state index in [1.165, 1.54) is 0 Å². The van der Waals surface area contributed by atoms with Crippen molar-refractivity contribution in [3.05, 3.63) is 71.4 Å². The summed E-state index contributed by atoms with van der Waals surface area (Å²) in [5.41, 5.74) is 4.75. The Morgan fingerprint density at radius 3 is 1.86 bits per heavy atom. The summed E-state index contributed by atoms with van der Waals surface area (Å²) in [6.07, 6.45) is 7.68. The van der Waals surface area contributed by atoms with E-state index in [1.807, 2.05) is 100 Å². The molecular weight excluding hydrogens is 628 g/mol. The average Bonchev–Trinajstić information content (AvgIpc) is 3.65. The zero-order chi connectivity index (χ0) is 35.1. The number of fused-ring (bicyclic) bond motifs is 1. The van der Waals surface area contributed by atoms with Gasteiger partial charge < -0.3 is 19.4 Å². The number of benzene rings is 2. The summed E-state index contributed by atoms with van der Waals surface area (Å²) in [5, 5.41) is 0. The molecule has 4 fully saturated rings. The highest BCUT2D eigenvalue weighted by Crippen LogP contribution is 2.59. The number of amides is 2. The van der Waals surface area contributed by atoms with Gasteiger partial charge >= 0.3 is 12.2 Å². The van der Waals surface area contributed by atoms with E-state index < -0.39 is 11.2 Å². The molecule has 2 aromatic heterocycles. The normalized spacial score (nSPS) is 21.8. The topological polar surface area (TPSA) is 116 Å². The highest BCUT2D eigenvalue weighted by molar-refractivity contribution is 5.78. The smallest absolute Gasteiger partial charge is 0.410 e. The lowest BCUT2D eigenvalue weighted by Gasteiger charge is -2.27. The maximum Gasteiger partial charge on any atom is 0.410 e. The molecule has 0 radical (unpaired) electrons. The van der Waals surface area contributed by atoms with Gasteiger partial charge in [-0.05, 0) is 127 Å². The molecule has 260 valence electrons. The molecule has 2 amide bonds. The first-order chi connectivity index (χ1) is 23.7. The Morgan fingerprint density at radius 1 is 0.760 bits per heavy atom. The fourth-order valence-electron chi connectivity index (χ4n) is 7.50. The number of likely N-dealkylation sites (tertiary alicyclic amines) is 2. The first-order valence-electron chi connectivity index (χ1n) is 17.8. The average molecular weight is 675 g/mol. The molecule has 10 nitrogen and oxygen atoms in total. The molecule has 2 atom stereocenters. The highest BCUT2D eigenvalue weighted by Gasteiger charge is 2.56. The van der Waals surface area contributed by atoms with E-state index >= 15 is 0 Å². The van der Waals surface area contributed by atoms with Crippen molar-refractivity contribution in [2.75, 3.05) is 13.1 Å². The predicted molar refractivity (Wildman–Crippen MR) is 190 cm³/mol. The van der Waals surface area contributed by atoms with Crippen molar-refractivity contribution in [3.8, 4) is 23.1 Å². The summed E-state index contributed by atoms with van der Waals surface area (Å²) in [4.78, 5) is 46.5. The van der Waals surface area contributed by atoms with E-state index in [0.717, 1.165) is 90.1 Å². The Morgan fingerprint density at radius 2 is 1.30 bits per heavy atom. The van der Waals surface area contributed by atoms with Crippen LogP contribution in [0.3, 0.4) is 0 Å². The van der Waals surface area contributed by atoms with Crippen molar-refractivity contribution in [2.24, 2.45) is 10.8 Å². The molecule has 8 rings (SSSR count). The van der Waals surface area contributed by atoms with Crippen LogP contribution in [0.4, 0.5) is 9.59 Å². The minimum atomic E-state index is -0.549. The van der Waals surface area contributed by atoms with Crippen LogP contribution >= 0.6 is 0 Å². The second-order valence-electron chi connectivity index (χ2n) is 17.0. The minimum Gasteiger partial charge on any atom is -0.444 e. The van der Waals surface area contributed by atoms with Gasteiger partial charge in [0, 0.05) is 24.2 Å². The van der Waals surface area contributed by atoms with E-state index in [2.05, 4.69) is 21.8 Å². The van der Waals surface area contributed by atoms with Crippen molar-refractivity contribution in [1.82, 2.24) is 29.7 Å². The minimum absolute atomic E-state index is 0.119. The van der Waals surface area contributed by atoms with E-state index in [-0.39, 0.29) is 35.1 Å². The standard InChI is InChI=1S/C40H46N6O4/c1-37(2,3)49-35(47)45-23-39(15-16-39)20-31(45)33-41-22-30(44-33)27-12-9-25(10-13-27)7-8-26-11-14-28-29(19-26)43-34(42-28)32-21-40(17-18-40)24-46(32)36(48)50-38(4,5)6/h9-14,19,22,31-32H,15-18,20-21,23-24H2,1-6H3,(H,41,44)(H,42,43)/t31-,32-/m0/s1. The van der Waals surface area contributed by atoms with Gasteiger partial charge in [0.2, 0.25) is 0 Å². The second-order valence-corrected chi connectivity index (χ2v) is 17.0. The van der Waals surface area contributed by atoms with Gasteiger partial charge in [-0.25, -0.2) is 19.6 Å². The molecule has 4 heterocycles. The number of nitrogens with zero attached hydrogens (tertiary/aromatic N) is 4. The number of imidazole rings is 2. The van der Waals surface area contributed by atoms with Gasteiger partial charge in [-0.15, -0.1) is 0 Å². The Kier molecular flexibility index (Phi) is 7.38. The summed E-state index contributed by atoms with van der Waals surface area (Å²) in [6.45, 7) is 12.8. The Labute approximate surface area is 293 Å². The SMILES string of the molecule is CC(C)(C)OC(=O)N1CC2(CC2)C[C@H]1c1ncc(-c2ccc(C#Cc3ccc4nc([C@@H]5CC6(CC6)CN5C(=O)OC(C)(C)C)[nH]c4c3)cc2)[nH]1. The fraction of sp³-hybridized carbons (Fsp3) is 0.500. The van der Waals surface area contributed by atoms with E-state index in [4.69, 9.17) is 19.4 Å². The quantitative estimate of drug-likeness (QED) is 0.211. The molecule has 2 N–H and O–H groups in total. The van der Waals surface area contributed by atoms with E-state index in [0.29, 0.717) is 6.54 Å². The van der Waals surface area contributed by atoms with Gasteiger partial charge in [-0.3, -0.25) is 9.80 Å². The monoisotopic (exact) mass is 674 g/mol. The lowest BCUT2D eigenvalue weighted by atomic mass is 10.0. The van der Waals surface area contributed by atoms with E-state index in [9.17, 15) is 9.59 Å². The van der Waals surface area contributed by atoms with Crippen LogP contribution in [0.5, 0.6) is 0 Å². The first kappa shape index (κ1) is 32.4. The number of rotatable bonds is 3. The van der Waals surface area contributed by atoms with E-state index in [1.54, 1.807) is 0 Å². The highest BCUT2D eigenvalue weighted by atomic mass is 16.6. The molecule has 0 bridgehead atoms. The zero-order valence-electron chi connectivity index (χ0n) is 29.9. The number of carbonyl (C=O) groups is 2. The third-order valence-corrected chi connectivity index (χ3v) is 10.5. The van der Waals surface area contributed by atoms with Crippen molar-refractivity contribution in [2.45, 2.75) is 103 Å². The van der Waals surface area contributed by atoms with Crippen molar-refractivity contribution in [3.63, 3.8) is 0 Å². The number of hydrogen-bond donors (Lipinski definition) is 2. The van der Waals surface area contributed by atoms with Gasteiger partial charge in [0.1, 0.15) is 22.9 Å². The van der Waals surface area contributed by atoms with Crippen molar-refractivity contribution < 1.29 is 19.1 Å². The van der Waals surface area contributed by atoms with Crippen LogP contribution in [0.15, 0.2) is 48.7 Å².